The molecular formula is C22H26ClN3O3S. The summed E-state index contributed by atoms with van der Waals surface area (Å²) >= 11 is 6.00. The largest absolute Gasteiger partial charge is 0.335 e. The van der Waals surface area contributed by atoms with Crippen molar-refractivity contribution in [2.75, 3.05) is 19.6 Å². The lowest BCUT2D eigenvalue weighted by molar-refractivity contribution is -0.137. The lowest BCUT2D eigenvalue weighted by Crippen LogP contribution is -2.44. The van der Waals surface area contributed by atoms with Gasteiger partial charge in [0.1, 0.15) is 10.0 Å². The second-order valence-electron chi connectivity index (χ2n) is 8.02. The van der Waals surface area contributed by atoms with Gasteiger partial charge >= 0.3 is 0 Å². The molecule has 4 rings (SSSR count). The molecule has 0 N–H and O–H groups in total. The molecule has 8 heteroatoms. The number of hydrogen-bond acceptors (Lipinski definition) is 4. The van der Waals surface area contributed by atoms with Crippen LogP contribution < -0.4 is 0 Å². The van der Waals surface area contributed by atoms with Crippen LogP contribution in [0.2, 0.25) is 5.15 Å². The Morgan fingerprint density at radius 2 is 1.80 bits per heavy atom. The van der Waals surface area contributed by atoms with E-state index >= 15 is 0 Å². The summed E-state index contributed by atoms with van der Waals surface area (Å²) in [6.45, 7) is 3.48. The Bertz CT molecular complexity index is 1040. The second kappa shape index (κ2) is 8.65. The topological polar surface area (TPSA) is 70.6 Å². The van der Waals surface area contributed by atoms with Gasteiger partial charge in [0.05, 0.1) is 6.04 Å². The van der Waals surface area contributed by atoms with E-state index in [1.807, 2.05) is 17.0 Å². The van der Waals surface area contributed by atoms with Crippen molar-refractivity contribution >= 4 is 27.5 Å². The number of pyridine rings is 1. The number of carbonyl (C=O) groups excluding carboxylic acids is 1. The quantitative estimate of drug-likeness (QED) is 0.668. The second-order valence-corrected chi connectivity index (χ2v) is 10.3. The average Bonchev–Trinajstić information content (AvgIpc) is 3.23. The standard InChI is InChI=1S/C22H26ClN3O3S/c1-16-6-2-3-7-18(16)19-8-5-13-26(19)22(27)17-10-14-25(15-11-17)30(28,29)20-9-4-12-24-21(20)23/h2-4,6-7,9,12,17,19H,5,8,10-11,13-15H2,1H3. The van der Waals surface area contributed by atoms with Gasteiger partial charge in [-0.15, -0.1) is 0 Å². The van der Waals surface area contributed by atoms with Crippen LogP contribution in [-0.4, -0.2) is 48.1 Å². The van der Waals surface area contributed by atoms with Crippen molar-refractivity contribution in [3.05, 3.63) is 58.9 Å². The van der Waals surface area contributed by atoms with Crippen molar-refractivity contribution in [3.63, 3.8) is 0 Å². The van der Waals surface area contributed by atoms with Gasteiger partial charge < -0.3 is 4.90 Å². The van der Waals surface area contributed by atoms with Gasteiger partial charge in [0.15, 0.2) is 0 Å². The minimum atomic E-state index is -3.71. The average molecular weight is 448 g/mol. The fourth-order valence-corrected chi connectivity index (χ4v) is 6.49. The Hall–Kier alpha value is -1.96. The highest BCUT2D eigenvalue weighted by Crippen LogP contribution is 2.36. The van der Waals surface area contributed by atoms with Crippen molar-refractivity contribution in [1.82, 2.24) is 14.2 Å². The van der Waals surface area contributed by atoms with Crippen molar-refractivity contribution in [1.29, 1.82) is 0 Å². The zero-order valence-electron chi connectivity index (χ0n) is 17.0. The summed E-state index contributed by atoms with van der Waals surface area (Å²) in [7, 11) is -3.71. The number of nitrogens with zero attached hydrogens (tertiary/aromatic N) is 3. The van der Waals surface area contributed by atoms with Gasteiger partial charge in [-0.2, -0.15) is 4.31 Å². The molecule has 0 saturated carbocycles. The van der Waals surface area contributed by atoms with Crippen LogP contribution in [0.25, 0.3) is 0 Å². The maximum absolute atomic E-state index is 13.3. The molecule has 0 radical (unpaired) electrons. The number of likely N-dealkylation sites (tertiary alicyclic amines) is 1. The van der Waals surface area contributed by atoms with Gasteiger partial charge in [-0.25, -0.2) is 13.4 Å². The first-order valence-corrected chi connectivity index (χ1v) is 12.2. The molecule has 1 aromatic heterocycles. The normalized spacial score (nSPS) is 21.1. The summed E-state index contributed by atoms with van der Waals surface area (Å²) in [6.07, 6.45) is 4.48. The van der Waals surface area contributed by atoms with Crippen LogP contribution in [0.3, 0.4) is 0 Å². The van der Waals surface area contributed by atoms with Gasteiger partial charge in [0.2, 0.25) is 15.9 Å². The van der Waals surface area contributed by atoms with Crippen LogP contribution in [0.4, 0.5) is 0 Å². The first-order valence-electron chi connectivity index (χ1n) is 10.4. The van der Waals surface area contributed by atoms with Crippen LogP contribution in [-0.2, 0) is 14.8 Å². The van der Waals surface area contributed by atoms with E-state index in [1.165, 1.54) is 27.7 Å². The number of amides is 1. The third-order valence-corrected chi connectivity index (χ3v) is 8.57. The van der Waals surface area contributed by atoms with Crippen molar-refractivity contribution < 1.29 is 13.2 Å². The summed E-state index contributed by atoms with van der Waals surface area (Å²) in [6, 6.07) is 11.4. The van der Waals surface area contributed by atoms with E-state index in [1.54, 1.807) is 6.07 Å². The smallest absolute Gasteiger partial charge is 0.246 e. The summed E-state index contributed by atoms with van der Waals surface area (Å²) < 4.78 is 27.3. The number of carbonyl (C=O) groups is 1. The van der Waals surface area contributed by atoms with E-state index in [0.717, 1.165) is 19.4 Å². The van der Waals surface area contributed by atoms with Gasteiger partial charge in [0, 0.05) is 31.7 Å². The molecule has 1 unspecified atom stereocenters. The molecule has 160 valence electrons. The van der Waals surface area contributed by atoms with Crippen molar-refractivity contribution in [2.24, 2.45) is 5.92 Å². The number of piperidine rings is 1. The lowest BCUT2D eigenvalue weighted by Gasteiger charge is -2.34. The fraction of sp³-hybridized carbons (Fsp3) is 0.455. The van der Waals surface area contributed by atoms with Crippen LogP contribution in [0.15, 0.2) is 47.5 Å². The predicted octanol–water partition coefficient (Wildman–Crippen LogP) is 3.81. The van der Waals surface area contributed by atoms with Gasteiger partial charge in [-0.05, 0) is 55.9 Å². The highest BCUT2D eigenvalue weighted by molar-refractivity contribution is 7.89. The summed E-state index contributed by atoms with van der Waals surface area (Å²) in [5.41, 5.74) is 2.42. The van der Waals surface area contributed by atoms with E-state index in [4.69, 9.17) is 11.6 Å². The highest BCUT2D eigenvalue weighted by atomic mass is 35.5. The molecule has 6 nitrogen and oxygen atoms in total. The molecule has 2 aliphatic rings. The number of aromatic nitrogens is 1. The van der Waals surface area contributed by atoms with E-state index in [0.29, 0.717) is 25.9 Å². The zero-order valence-corrected chi connectivity index (χ0v) is 18.6. The molecule has 1 amide bonds. The summed E-state index contributed by atoms with van der Waals surface area (Å²) in [4.78, 5) is 19.2. The SMILES string of the molecule is Cc1ccccc1C1CCCN1C(=O)C1CCN(S(=O)(=O)c2cccnc2Cl)CC1. The first-order chi connectivity index (χ1) is 14.4. The molecule has 0 bridgehead atoms. The van der Waals surface area contributed by atoms with E-state index < -0.39 is 10.0 Å². The zero-order chi connectivity index (χ0) is 21.3. The summed E-state index contributed by atoms with van der Waals surface area (Å²) in [5, 5.41) is -0.0196. The van der Waals surface area contributed by atoms with E-state index in [-0.39, 0.29) is 27.9 Å². The number of aryl methyl sites for hydroxylation is 1. The van der Waals surface area contributed by atoms with Gasteiger partial charge in [-0.3, -0.25) is 4.79 Å². The highest BCUT2D eigenvalue weighted by Gasteiger charge is 2.38. The Morgan fingerprint density at radius 1 is 1.07 bits per heavy atom. The molecule has 2 aliphatic heterocycles. The summed E-state index contributed by atoms with van der Waals surface area (Å²) in [5.74, 6) is 0.00245. The van der Waals surface area contributed by atoms with Crippen molar-refractivity contribution in [2.45, 2.75) is 43.5 Å². The van der Waals surface area contributed by atoms with Gasteiger partial charge in [-0.1, -0.05) is 35.9 Å². The molecule has 2 fully saturated rings. The molecule has 2 aromatic rings. The van der Waals surface area contributed by atoms with E-state index in [2.05, 4.69) is 24.0 Å². The first kappa shape index (κ1) is 21.3. The Kier molecular flexibility index (Phi) is 6.14. The fourth-order valence-electron chi connectivity index (χ4n) is 4.59. The monoisotopic (exact) mass is 447 g/mol. The maximum Gasteiger partial charge on any atom is 0.246 e. The van der Waals surface area contributed by atoms with E-state index in [9.17, 15) is 13.2 Å². The van der Waals surface area contributed by atoms with Gasteiger partial charge in [0.25, 0.3) is 0 Å². The Labute approximate surface area is 182 Å². The Morgan fingerprint density at radius 3 is 2.50 bits per heavy atom. The van der Waals surface area contributed by atoms with Crippen LogP contribution >= 0.6 is 11.6 Å². The molecule has 1 atom stereocenters. The van der Waals surface area contributed by atoms with Crippen molar-refractivity contribution in [3.8, 4) is 0 Å². The molecule has 0 spiro atoms. The minimum Gasteiger partial charge on any atom is -0.335 e. The number of halogens is 1. The molecule has 2 saturated heterocycles. The third kappa shape index (κ3) is 3.98. The van der Waals surface area contributed by atoms with Crippen LogP contribution in [0, 0.1) is 12.8 Å². The lowest BCUT2D eigenvalue weighted by atomic mass is 9.94. The molecule has 3 heterocycles. The number of sulfonamides is 1. The molecular weight excluding hydrogens is 422 g/mol. The van der Waals surface area contributed by atoms with Crippen LogP contribution in [0.1, 0.15) is 42.9 Å². The predicted molar refractivity (Wildman–Crippen MR) is 116 cm³/mol. The minimum absolute atomic E-state index is 0.0196. The molecule has 0 aliphatic carbocycles. The van der Waals surface area contributed by atoms with Crippen LogP contribution in [0.5, 0.6) is 0 Å². The molecule has 1 aromatic carbocycles. The number of rotatable bonds is 4. The maximum atomic E-state index is 13.3. The Balaban J connectivity index is 1.45. The number of benzene rings is 1. The third-order valence-electron chi connectivity index (χ3n) is 6.23. The number of hydrogen-bond donors (Lipinski definition) is 0. The molecule has 30 heavy (non-hydrogen) atoms.